The SMILES string of the molecule is CCCOc1ccc(Nc2c(C(=O)OCC)cnc3ccc(Br)cc23)cc1. The van der Waals surface area contributed by atoms with Crippen LogP contribution < -0.4 is 10.1 Å². The van der Waals surface area contributed by atoms with Gasteiger partial charge in [0.15, 0.2) is 0 Å². The minimum atomic E-state index is -0.405. The van der Waals surface area contributed by atoms with Gasteiger partial charge >= 0.3 is 5.97 Å². The molecule has 6 heteroatoms. The molecule has 1 N–H and O–H groups in total. The molecule has 0 aliphatic heterocycles. The zero-order chi connectivity index (χ0) is 19.2. The Kier molecular flexibility index (Phi) is 6.29. The Balaban J connectivity index is 2.01. The van der Waals surface area contributed by atoms with Crippen molar-refractivity contribution in [3.05, 3.63) is 58.7 Å². The fourth-order valence-corrected chi connectivity index (χ4v) is 3.02. The maximum absolute atomic E-state index is 12.4. The second-order valence-corrected chi connectivity index (χ2v) is 6.84. The average molecular weight is 429 g/mol. The quantitative estimate of drug-likeness (QED) is 0.488. The number of hydrogen-bond donors (Lipinski definition) is 1. The molecule has 0 saturated carbocycles. The predicted molar refractivity (Wildman–Crippen MR) is 111 cm³/mol. The highest BCUT2D eigenvalue weighted by Crippen LogP contribution is 2.32. The number of aromatic nitrogens is 1. The van der Waals surface area contributed by atoms with E-state index in [1.54, 1.807) is 13.1 Å². The molecule has 3 rings (SSSR count). The van der Waals surface area contributed by atoms with Crippen LogP contribution in [0.5, 0.6) is 5.75 Å². The molecule has 0 amide bonds. The number of carbonyl (C=O) groups excluding carboxylic acids is 1. The molecular weight excluding hydrogens is 408 g/mol. The van der Waals surface area contributed by atoms with Crippen molar-refractivity contribution in [3.8, 4) is 5.75 Å². The van der Waals surface area contributed by atoms with Gasteiger partial charge in [-0.1, -0.05) is 22.9 Å². The molecule has 1 heterocycles. The zero-order valence-corrected chi connectivity index (χ0v) is 16.9. The van der Waals surface area contributed by atoms with Gasteiger partial charge in [-0.15, -0.1) is 0 Å². The first-order valence-electron chi connectivity index (χ1n) is 8.87. The van der Waals surface area contributed by atoms with Crippen molar-refractivity contribution in [3.63, 3.8) is 0 Å². The lowest BCUT2D eigenvalue weighted by atomic mass is 10.1. The predicted octanol–water partition coefficient (Wildman–Crippen LogP) is 5.71. The van der Waals surface area contributed by atoms with E-state index in [0.29, 0.717) is 24.5 Å². The van der Waals surface area contributed by atoms with Gasteiger partial charge in [-0.25, -0.2) is 4.79 Å². The normalized spacial score (nSPS) is 10.6. The van der Waals surface area contributed by atoms with Crippen molar-refractivity contribution < 1.29 is 14.3 Å². The maximum Gasteiger partial charge on any atom is 0.341 e. The molecule has 0 atom stereocenters. The third-order valence-corrected chi connectivity index (χ3v) is 4.42. The van der Waals surface area contributed by atoms with Crippen LogP contribution in [0.4, 0.5) is 11.4 Å². The molecule has 0 spiro atoms. The highest BCUT2D eigenvalue weighted by Gasteiger charge is 2.17. The van der Waals surface area contributed by atoms with Crippen LogP contribution >= 0.6 is 15.9 Å². The van der Waals surface area contributed by atoms with Crippen molar-refractivity contribution in [1.82, 2.24) is 4.98 Å². The molecule has 0 fully saturated rings. The van der Waals surface area contributed by atoms with Gasteiger partial charge in [-0.2, -0.15) is 0 Å². The van der Waals surface area contributed by atoms with Crippen LogP contribution in [0.1, 0.15) is 30.6 Å². The van der Waals surface area contributed by atoms with E-state index in [9.17, 15) is 4.79 Å². The minimum absolute atomic E-state index is 0.304. The Morgan fingerprint density at radius 3 is 2.63 bits per heavy atom. The average Bonchev–Trinajstić information content (AvgIpc) is 2.68. The van der Waals surface area contributed by atoms with Crippen LogP contribution in [-0.4, -0.2) is 24.2 Å². The molecule has 0 aliphatic carbocycles. The monoisotopic (exact) mass is 428 g/mol. The third kappa shape index (κ3) is 4.57. The van der Waals surface area contributed by atoms with Gasteiger partial charge in [0.25, 0.3) is 0 Å². The van der Waals surface area contributed by atoms with Gasteiger partial charge in [0.2, 0.25) is 0 Å². The molecule has 140 valence electrons. The van der Waals surface area contributed by atoms with Crippen LogP contribution in [0, 0.1) is 0 Å². The minimum Gasteiger partial charge on any atom is -0.494 e. The van der Waals surface area contributed by atoms with Crippen molar-refractivity contribution in [2.45, 2.75) is 20.3 Å². The van der Waals surface area contributed by atoms with E-state index >= 15 is 0 Å². The number of fused-ring (bicyclic) bond motifs is 1. The molecule has 1 aromatic heterocycles. The summed E-state index contributed by atoms with van der Waals surface area (Å²) in [5.74, 6) is 0.410. The lowest BCUT2D eigenvalue weighted by molar-refractivity contribution is 0.0527. The molecule has 0 aliphatic rings. The van der Waals surface area contributed by atoms with Gasteiger partial charge in [0.1, 0.15) is 11.3 Å². The van der Waals surface area contributed by atoms with Crippen LogP contribution in [0.2, 0.25) is 0 Å². The summed E-state index contributed by atoms with van der Waals surface area (Å²) in [5.41, 5.74) is 2.70. The fourth-order valence-electron chi connectivity index (χ4n) is 2.66. The van der Waals surface area contributed by atoms with E-state index < -0.39 is 5.97 Å². The smallest absolute Gasteiger partial charge is 0.341 e. The number of esters is 1. The molecule has 5 nitrogen and oxygen atoms in total. The number of nitrogens with zero attached hydrogens (tertiary/aromatic N) is 1. The van der Waals surface area contributed by atoms with E-state index in [2.05, 4.69) is 33.2 Å². The Morgan fingerprint density at radius 1 is 1.15 bits per heavy atom. The summed E-state index contributed by atoms with van der Waals surface area (Å²) in [4.78, 5) is 16.8. The van der Waals surface area contributed by atoms with Crippen molar-refractivity contribution in [2.24, 2.45) is 0 Å². The Morgan fingerprint density at radius 2 is 1.93 bits per heavy atom. The van der Waals surface area contributed by atoms with E-state index in [-0.39, 0.29) is 0 Å². The summed E-state index contributed by atoms with van der Waals surface area (Å²) >= 11 is 3.49. The third-order valence-electron chi connectivity index (χ3n) is 3.92. The summed E-state index contributed by atoms with van der Waals surface area (Å²) in [6.45, 7) is 4.84. The molecule has 2 aromatic carbocycles. The lowest BCUT2D eigenvalue weighted by Gasteiger charge is -2.15. The number of rotatable bonds is 7. The summed E-state index contributed by atoms with van der Waals surface area (Å²) in [5, 5.41) is 4.18. The van der Waals surface area contributed by atoms with Crippen LogP contribution in [-0.2, 0) is 4.74 Å². The lowest BCUT2D eigenvalue weighted by Crippen LogP contribution is -2.09. The summed E-state index contributed by atoms with van der Waals surface area (Å²) in [7, 11) is 0. The largest absolute Gasteiger partial charge is 0.494 e. The first-order valence-corrected chi connectivity index (χ1v) is 9.67. The van der Waals surface area contributed by atoms with Gasteiger partial charge in [0, 0.05) is 21.7 Å². The topological polar surface area (TPSA) is 60.5 Å². The Bertz CT molecular complexity index is 942. The van der Waals surface area contributed by atoms with E-state index in [4.69, 9.17) is 9.47 Å². The second-order valence-electron chi connectivity index (χ2n) is 5.93. The standard InChI is InChI=1S/C21H21BrN2O3/c1-3-11-27-16-8-6-15(7-9-16)24-20-17-12-14(22)5-10-19(17)23-13-18(20)21(25)26-4-2/h5-10,12-13H,3-4,11H2,1-2H3,(H,23,24). The number of ether oxygens (including phenoxy) is 2. The van der Waals surface area contributed by atoms with Gasteiger partial charge in [-0.05, 0) is 55.8 Å². The van der Waals surface area contributed by atoms with Crippen molar-refractivity contribution in [1.29, 1.82) is 0 Å². The first-order chi connectivity index (χ1) is 13.1. The number of anilines is 2. The Hall–Kier alpha value is -2.60. The number of nitrogens with one attached hydrogen (secondary N) is 1. The zero-order valence-electron chi connectivity index (χ0n) is 15.3. The van der Waals surface area contributed by atoms with E-state index in [1.807, 2.05) is 42.5 Å². The van der Waals surface area contributed by atoms with Crippen molar-refractivity contribution >= 4 is 44.2 Å². The van der Waals surface area contributed by atoms with Gasteiger partial charge < -0.3 is 14.8 Å². The number of benzene rings is 2. The van der Waals surface area contributed by atoms with Gasteiger partial charge in [-0.3, -0.25) is 4.98 Å². The van der Waals surface area contributed by atoms with Gasteiger partial charge in [0.05, 0.1) is 24.4 Å². The van der Waals surface area contributed by atoms with E-state index in [0.717, 1.165) is 33.2 Å². The summed E-state index contributed by atoms with van der Waals surface area (Å²) in [6, 6.07) is 13.4. The number of carbonyl (C=O) groups is 1. The van der Waals surface area contributed by atoms with E-state index in [1.165, 1.54) is 0 Å². The summed E-state index contributed by atoms with van der Waals surface area (Å²) in [6.07, 6.45) is 2.51. The molecule has 27 heavy (non-hydrogen) atoms. The number of halogens is 1. The van der Waals surface area contributed by atoms with Crippen LogP contribution in [0.15, 0.2) is 53.1 Å². The van der Waals surface area contributed by atoms with Crippen LogP contribution in [0.25, 0.3) is 10.9 Å². The van der Waals surface area contributed by atoms with Crippen molar-refractivity contribution in [2.75, 3.05) is 18.5 Å². The molecule has 0 unspecified atom stereocenters. The molecule has 3 aromatic rings. The number of hydrogen-bond acceptors (Lipinski definition) is 5. The molecular formula is C21H21BrN2O3. The Labute approximate surface area is 166 Å². The molecule has 0 saturated heterocycles. The summed E-state index contributed by atoms with van der Waals surface area (Å²) < 4.78 is 11.7. The second kappa shape index (κ2) is 8.86. The highest BCUT2D eigenvalue weighted by atomic mass is 79.9. The van der Waals surface area contributed by atoms with Crippen LogP contribution in [0.3, 0.4) is 0 Å². The molecule has 0 radical (unpaired) electrons. The number of pyridine rings is 1. The first kappa shape index (κ1) is 19.2. The molecule has 0 bridgehead atoms. The highest BCUT2D eigenvalue weighted by molar-refractivity contribution is 9.10. The fraction of sp³-hybridized carbons (Fsp3) is 0.238. The maximum atomic E-state index is 12.4.